The fourth-order valence-corrected chi connectivity index (χ4v) is 4.34. The minimum atomic E-state index is -0.530. The number of hydrogen-bond donors (Lipinski definition) is 4. The molecular weight excluding hydrogens is 391 g/mol. The summed E-state index contributed by atoms with van der Waals surface area (Å²) >= 11 is 5.26. The van der Waals surface area contributed by atoms with E-state index >= 15 is 0 Å². The molecule has 2 aromatic heterocycles. The molecule has 4 N–H and O–H groups in total. The lowest BCUT2D eigenvalue weighted by molar-refractivity contribution is 0.412. The first-order valence-electron chi connectivity index (χ1n) is 9.21. The second-order valence-electron chi connectivity index (χ2n) is 7.01. The molecule has 0 fully saturated rings. The summed E-state index contributed by atoms with van der Waals surface area (Å²) in [6, 6.07) is 13.0. The van der Waals surface area contributed by atoms with Gasteiger partial charge in [-0.25, -0.2) is 4.39 Å². The number of para-hydroxylation sites is 1. The minimum absolute atomic E-state index is 0.0375. The van der Waals surface area contributed by atoms with Crippen LogP contribution in [0.5, 0.6) is 5.88 Å². The Morgan fingerprint density at radius 1 is 1.10 bits per heavy atom. The summed E-state index contributed by atoms with van der Waals surface area (Å²) in [6.45, 7) is 0.657. The van der Waals surface area contributed by atoms with Crippen molar-refractivity contribution >= 4 is 23.1 Å². The van der Waals surface area contributed by atoms with Gasteiger partial charge in [0.2, 0.25) is 5.88 Å². The van der Waals surface area contributed by atoms with Crippen LogP contribution in [-0.4, -0.2) is 26.2 Å². The van der Waals surface area contributed by atoms with E-state index in [0.717, 1.165) is 28.6 Å². The molecule has 0 saturated carbocycles. The van der Waals surface area contributed by atoms with Crippen LogP contribution in [0.3, 0.4) is 0 Å². The number of rotatable bonds is 2. The maximum atomic E-state index is 13.3. The van der Waals surface area contributed by atoms with E-state index in [2.05, 4.69) is 15.3 Å². The SMILES string of the molecule is O=c1[nH]c(=S)n(-c2ccc(F)cc2)c(O)c1C1NCCc2c1[nH]c1ccccc21. The Hall–Kier alpha value is -3.23. The van der Waals surface area contributed by atoms with Crippen molar-refractivity contribution in [2.24, 2.45) is 0 Å². The van der Waals surface area contributed by atoms with Crippen LogP contribution in [0.15, 0.2) is 53.3 Å². The molecule has 0 spiro atoms. The third-order valence-electron chi connectivity index (χ3n) is 5.35. The zero-order chi connectivity index (χ0) is 20.1. The molecule has 0 radical (unpaired) electrons. The number of hydrogen-bond acceptors (Lipinski definition) is 4. The zero-order valence-corrected chi connectivity index (χ0v) is 16.0. The van der Waals surface area contributed by atoms with Crippen molar-refractivity contribution in [1.29, 1.82) is 0 Å². The summed E-state index contributed by atoms with van der Waals surface area (Å²) in [4.78, 5) is 18.8. The standard InChI is InChI=1S/C21H17FN4O2S/c22-11-5-7-12(8-6-11)26-20(28)16(19(27)25-21(26)29)18-17-14(9-10-23-18)13-3-1-2-4-15(13)24-17/h1-8,18,23-24,28H,9-10H2,(H,25,27,29). The zero-order valence-electron chi connectivity index (χ0n) is 15.2. The van der Waals surface area contributed by atoms with E-state index in [1.165, 1.54) is 28.8 Å². The highest BCUT2D eigenvalue weighted by Gasteiger charge is 2.30. The molecule has 146 valence electrons. The van der Waals surface area contributed by atoms with Crippen molar-refractivity contribution in [1.82, 2.24) is 19.9 Å². The highest BCUT2D eigenvalue weighted by Crippen LogP contribution is 2.35. The monoisotopic (exact) mass is 408 g/mol. The average Bonchev–Trinajstić information content (AvgIpc) is 3.09. The largest absolute Gasteiger partial charge is 0.494 e. The van der Waals surface area contributed by atoms with E-state index in [1.807, 2.05) is 24.3 Å². The molecule has 0 saturated heterocycles. The predicted molar refractivity (Wildman–Crippen MR) is 111 cm³/mol. The van der Waals surface area contributed by atoms with Gasteiger partial charge in [-0.1, -0.05) is 18.2 Å². The van der Waals surface area contributed by atoms with E-state index in [-0.39, 0.29) is 16.2 Å². The van der Waals surface area contributed by atoms with Gasteiger partial charge in [0.25, 0.3) is 5.56 Å². The van der Waals surface area contributed by atoms with E-state index in [9.17, 15) is 14.3 Å². The van der Waals surface area contributed by atoms with Crippen molar-refractivity contribution in [3.05, 3.63) is 86.3 Å². The molecule has 4 aromatic rings. The molecule has 3 heterocycles. The Kier molecular flexibility index (Phi) is 4.11. The van der Waals surface area contributed by atoms with Crippen LogP contribution in [0.25, 0.3) is 16.6 Å². The second-order valence-corrected chi connectivity index (χ2v) is 7.40. The lowest BCUT2D eigenvalue weighted by Gasteiger charge is -2.25. The molecule has 1 atom stereocenters. The highest BCUT2D eigenvalue weighted by molar-refractivity contribution is 7.71. The summed E-state index contributed by atoms with van der Waals surface area (Å²) in [6.07, 6.45) is 0.811. The lowest BCUT2D eigenvalue weighted by atomic mass is 9.95. The van der Waals surface area contributed by atoms with Crippen LogP contribution < -0.4 is 10.9 Å². The van der Waals surface area contributed by atoms with Crippen LogP contribution in [-0.2, 0) is 6.42 Å². The van der Waals surface area contributed by atoms with Gasteiger partial charge in [0.15, 0.2) is 4.77 Å². The maximum Gasteiger partial charge on any atom is 0.260 e. The first-order chi connectivity index (χ1) is 14.0. The molecule has 0 amide bonds. The van der Waals surface area contributed by atoms with Crippen molar-refractivity contribution in [2.75, 3.05) is 6.54 Å². The summed E-state index contributed by atoms with van der Waals surface area (Å²) < 4.78 is 14.7. The fraction of sp³-hybridized carbons (Fsp3) is 0.143. The van der Waals surface area contributed by atoms with Crippen LogP contribution in [0.1, 0.15) is 22.9 Å². The van der Waals surface area contributed by atoms with Gasteiger partial charge in [-0.05, 0) is 54.5 Å². The van der Waals surface area contributed by atoms with Gasteiger partial charge in [0, 0.05) is 23.1 Å². The van der Waals surface area contributed by atoms with E-state index in [0.29, 0.717) is 12.2 Å². The first kappa shape index (κ1) is 17.8. The van der Waals surface area contributed by atoms with Crippen LogP contribution in [0.2, 0.25) is 0 Å². The predicted octanol–water partition coefficient (Wildman–Crippen LogP) is 3.46. The number of aromatic amines is 2. The molecule has 1 unspecified atom stereocenters. The van der Waals surface area contributed by atoms with E-state index < -0.39 is 17.4 Å². The molecule has 8 heteroatoms. The number of aromatic hydroxyl groups is 1. The average molecular weight is 408 g/mol. The maximum absolute atomic E-state index is 13.3. The smallest absolute Gasteiger partial charge is 0.260 e. The highest BCUT2D eigenvalue weighted by atomic mass is 32.1. The number of fused-ring (bicyclic) bond motifs is 3. The normalized spacial score (nSPS) is 16.1. The van der Waals surface area contributed by atoms with Gasteiger partial charge in [-0.2, -0.15) is 0 Å². The van der Waals surface area contributed by atoms with Gasteiger partial charge >= 0.3 is 0 Å². The Morgan fingerprint density at radius 3 is 2.66 bits per heavy atom. The van der Waals surface area contributed by atoms with Gasteiger partial charge in [-0.15, -0.1) is 0 Å². The van der Waals surface area contributed by atoms with Crippen LogP contribution in [0.4, 0.5) is 4.39 Å². The van der Waals surface area contributed by atoms with Gasteiger partial charge < -0.3 is 15.4 Å². The molecule has 0 aliphatic carbocycles. The molecule has 1 aliphatic heterocycles. The minimum Gasteiger partial charge on any atom is -0.494 e. The molecular formula is C21H17FN4O2S. The third-order valence-corrected chi connectivity index (χ3v) is 5.64. The fourth-order valence-electron chi connectivity index (χ4n) is 4.06. The van der Waals surface area contributed by atoms with Crippen molar-refractivity contribution in [3.63, 3.8) is 0 Å². The number of halogens is 1. The molecule has 29 heavy (non-hydrogen) atoms. The van der Waals surface area contributed by atoms with Gasteiger partial charge in [0.1, 0.15) is 11.4 Å². The molecule has 6 nitrogen and oxygen atoms in total. The Bertz CT molecular complexity index is 1350. The molecule has 0 bridgehead atoms. The van der Waals surface area contributed by atoms with Crippen molar-refractivity contribution in [3.8, 4) is 11.6 Å². The number of benzene rings is 2. The molecule has 5 rings (SSSR count). The Balaban J connectivity index is 1.74. The summed E-state index contributed by atoms with van der Waals surface area (Å²) in [7, 11) is 0. The summed E-state index contributed by atoms with van der Waals surface area (Å²) in [5, 5.41) is 15.5. The Labute approximate surface area is 169 Å². The number of nitrogens with zero attached hydrogens (tertiary/aromatic N) is 1. The van der Waals surface area contributed by atoms with E-state index in [1.54, 1.807) is 0 Å². The third kappa shape index (κ3) is 2.80. The Morgan fingerprint density at radius 2 is 1.86 bits per heavy atom. The van der Waals surface area contributed by atoms with Crippen molar-refractivity contribution in [2.45, 2.75) is 12.5 Å². The van der Waals surface area contributed by atoms with Gasteiger partial charge in [0.05, 0.1) is 11.7 Å². The summed E-state index contributed by atoms with van der Waals surface area (Å²) in [5.41, 5.74) is 3.11. The lowest BCUT2D eigenvalue weighted by Crippen LogP contribution is -2.35. The van der Waals surface area contributed by atoms with Crippen molar-refractivity contribution < 1.29 is 9.50 Å². The first-order valence-corrected chi connectivity index (χ1v) is 9.62. The van der Waals surface area contributed by atoms with Crippen LogP contribution >= 0.6 is 12.2 Å². The van der Waals surface area contributed by atoms with Gasteiger partial charge in [-0.3, -0.25) is 14.3 Å². The quantitative estimate of drug-likeness (QED) is 0.383. The second kappa shape index (κ2) is 6.68. The van der Waals surface area contributed by atoms with Crippen LogP contribution in [0, 0.1) is 10.6 Å². The molecule has 2 aromatic carbocycles. The number of H-pyrrole nitrogens is 2. The van der Waals surface area contributed by atoms with E-state index in [4.69, 9.17) is 12.2 Å². The molecule has 1 aliphatic rings. The topological polar surface area (TPSA) is 85.8 Å². The number of nitrogens with one attached hydrogen (secondary N) is 3. The number of aromatic nitrogens is 3. The summed E-state index contributed by atoms with van der Waals surface area (Å²) in [5.74, 6) is -0.671.